The van der Waals surface area contributed by atoms with Gasteiger partial charge in [0, 0.05) is 34.4 Å². The van der Waals surface area contributed by atoms with Crippen molar-refractivity contribution in [1.29, 1.82) is 0 Å². The fraction of sp³-hybridized carbons (Fsp3) is 0.118. The Balaban J connectivity index is 2.32. The van der Waals surface area contributed by atoms with Crippen LogP contribution in [0.2, 0.25) is 5.02 Å². The zero-order valence-corrected chi connectivity index (χ0v) is 12.1. The second-order valence-electron chi connectivity index (χ2n) is 5.18. The van der Waals surface area contributed by atoms with Crippen LogP contribution >= 0.6 is 11.6 Å². The van der Waals surface area contributed by atoms with Crippen LogP contribution in [0.5, 0.6) is 0 Å². The van der Waals surface area contributed by atoms with Gasteiger partial charge in [0.15, 0.2) is 0 Å². The molecule has 0 aliphatic rings. The Kier molecular flexibility index (Phi) is 2.33. The van der Waals surface area contributed by atoms with Crippen molar-refractivity contribution in [3.63, 3.8) is 0 Å². The molecule has 0 N–H and O–H groups in total. The molecule has 2 heterocycles. The second-order valence-corrected chi connectivity index (χ2v) is 5.56. The van der Waals surface area contributed by atoms with Crippen LogP contribution in [0, 0.1) is 6.92 Å². The molecule has 0 atom stereocenters. The molecule has 0 amide bonds. The van der Waals surface area contributed by atoms with Gasteiger partial charge < -0.3 is 4.57 Å². The number of fused-ring (bicyclic) bond motifs is 4. The fourth-order valence-corrected chi connectivity index (χ4v) is 3.23. The summed E-state index contributed by atoms with van der Waals surface area (Å²) in [5, 5.41) is 4.02. The van der Waals surface area contributed by atoms with Crippen molar-refractivity contribution in [1.82, 2.24) is 9.55 Å². The lowest BCUT2D eigenvalue weighted by Gasteiger charge is -2.07. The van der Waals surface area contributed by atoms with E-state index >= 15 is 0 Å². The number of pyridine rings is 1. The van der Waals surface area contributed by atoms with Gasteiger partial charge >= 0.3 is 0 Å². The van der Waals surface area contributed by atoms with Gasteiger partial charge in [-0.1, -0.05) is 29.8 Å². The summed E-state index contributed by atoms with van der Waals surface area (Å²) in [6.45, 7) is 2.11. The molecule has 0 fully saturated rings. The predicted octanol–water partition coefficient (Wildman–Crippen LogP) is 4.84. The number of aryl methyl sites for hydroxylation is 2. The van der Waals surface area contributed by atoms with Crippen LogP contribution in [0.4, 0.5) is 0 Å². The topological polar surface area (TPSA) is 17.8 Å². The molecule has 3 heteroatoms. The van der Waals surface area contributed by atoms with Gasteiger partial charge in [-0.25, -0.2) is 4.98 Å². The van der Waals surface area contributed by atoms with E-state index in [-0.39, 0.29) is 0 Å². The summed E-state index contributed by atoms with van der Waals surface area (Å²) in [5.74, 6) is 0. The van der Waals surface area contributed by atoms with Crippen molar-refractivity contribution >= 4 is 44.3 Å². The van der Waals surface area contributed by atoms with Gasteiger partial charge in [0.1, 0.15) is 0 Å². The van der Waals surface area contributed by atoms with Crippen LogP contribution in [-0.2, 0) is 7.05 Å². The molecular weight excluding hydrogens is 268 g/mol. The first-order chi connectivity index (χ1) is 9.66. The maximum Gasteiger partial charge on any atom is 0.0732 e. The number of nitrogens with zero attached hydrogens (tertiary/aromatic N) is 2. The fourth-order valence-electron chi connectivity index (χ4n) is 2.88. The largest absolute Gasteiger partial charge is 0.348 e. The third-order valence-electron chi connectivity index (χ3n) is 4.05. The highest BCUT2D eigenvalue weighted by Gasteiger charge is 2.12. The molecule has 0 radical (unpaired) electrons. The highest BCUT2D eigenvalue weighted by molar-refractivity contribution is 6.42. The van der Waals surface area contributed by atoms with E-state index in [2.05, 4.69) is 36.7 Å². The SMILES string of the molecule is Cc1cc2c3c(Cl)c4ccccc4nc3ccc2n1C. The third kappa shape index (κ3) is 1.43. The molecule has 98 valence electrons. The molecule has 2 aromatic heterocycles. The molecule has 0 aliphatic heterocycles. The van der Waals surface area contributed by atoms with Crippen LogP contribution in [-0.4, -0.2) is 9.55 Å². The van der Waals surface area contributed by atoms with Crippen molar-refractivity contribution < 1.29 is 0 Å². The minimum absolute atomic E-state index is 0.793. The van der Waals surface area contributed by atoms with Crippen molar-refractivity contribution in [2.24, 2.45) is 7.05 Å². The van der Waals surface area contributed by atoms with Gasteiger partial charge in [-0.05, 0) is 31.2 Å². The van der Waals surface area contributed by atoms with Gasteiger partial charge in [-0.2, -0.15) is 0 Å². The Bertz CT molecular complexity index is 983. The Hall–Kier alpha value is -2.06. The van der Waals surface area contributed by atoms with E-state index in [4.69, 9.17) is 16.6 Å². The van der Waals surface area contributed by atoms with Gasteiger partial charge in [0.25, 0.3) is 0 Å². The van der Waals surface area contributed by atoms with Gasteiger partial charge in [-0.3, -0.25) is 0 Å². The van der Waals surface area contributed by atoms with E-state index < -0.39 is 0 Å². The number of para-hydroxylation sites is 1. The molecular formula is C17H13ClN2. The van der Waals surface area contributed by atoms with Crippen molar-refractivity contribution in [2.75, 3.05) is 0 Å². The molecule has 0 unspecified atom stereocenters. The van der Waals surface area contributed by atoms with Crippen LogP contribution in [0.1, 0.15) is 5.69 Å². The molecule has 0 aliphatic carbocycles. The zero-order valence-electron chi connectivity index (χ0n) is 11.3. The highest BCUT2D eigenvalue weighted by Crippen LogP contribution is 2.36. The normalized spacial score (nSPS) is 11.8. The summed E-state index contributed by atoms with van der Waals surface area (Å²) in [4.78, 5) is 4.73. The Morgan fingerprint density at radius 2 is 1.80 bits per heavy atom. The third-order valence-corrected chi connectivity index (χ3v) is 4.44. The maximum absolute atomic E-state index is 6.67. The number of rotatable bonds is 0. The monoisotopic (exact) mass is 280 g/mol. The summed E-state index contributed by atoms with van der Waals surface area (Å²) in [7, 11) is 2.08. The lowest BCUT2D eigenvalue weighted by Crippen LogP contribution is -1.90. The molecule has 4 rings (SSSR count). The minimum atomic E-state index is 0.793. The first kappa shape index (κ1) is 11.7. The summed E-state index contributed by atoms with van der Waals surface area (Å²) >= 11 is 6.67. The van der Waals surface area contributed by atoms with E-state index in [1.54, 1.807) is 0 Å². The van der Waals surface area contributed by atoms with Crippen molar-refractivity contribution in [3.05, 3.63) is 53.2 Å². The maximum atomic E-state index is 6.67. The first-order valence-electron chi connectivity index (χ1n) is 6.60. The molecule has 0 saturated heterocycles. The van der Waals surface area contributed by atoms with E-state index in [0.717, 1.165) is 26.8 Å². The minimum Gasteiger partial charge on any atom is -0.348 e. The van der Waals surface area contributed by atoms with Gasteiger partial charge in [0.2, 0.25) is 0 Å². The summed E-state index contributed by atoms with van der Waals surface area (Å²) in [5.41, 5.74) is 4.30. The molecule has 4 aromatic rings. The number of halogens is 1. The van der Waals surface area contributed by atoms with Crippen LogP contribution in [0.3, 0.4) is 0 Å². The second kappa shape index (κ2) is 3.97. The van der Waals surface area contributed by atoms with Crippen LogP contribution < -0.4 is 0 Å². The Morgan fingerprint density at radius 1 is 1.00 bits per heavy atom. The number of hydrogen-bond acceptors (Lipinski definition) is 1. The average Bonchev–Trinajstić information content (AvgIpc) is 2.74. The molecule has 0 saturated carbocycles. The predicted molar refractivity (Wildman–Crippen MR) is 85.5 cm³/mol. The molecule has 0 spiro atoms. The van der Waals surface area contributed by atoms with E-state index in [0.29, 0.717) is 0 Å². The lowest BCUT2D eigenvalue weighted by molar-refractivity contribution is 0.918. The average molecular weight is 281 g/mol. The summed E-state index contributed by atoms with van der Waals surface area (Å²) in [6.07, 6.45) is 0. The van der Waals surface area contributed by atoms with Crippen molar-refractivity contribution in [3.8, 4) is 0 Å². The van der Waals surface area contributed by atoms with E-state index in [1.165, 1.54) is 16.6 Å². The summed E-state index contributed by atoms with van der Waals surface area (Å²) in [6, 6.07) is 14.4. The Labute approximate surface area is 121 Å². The number of hydrogen-bond donors (Lipinski definition) is 0. The highest BCUT2D eigenvalue weighted by atomic mass is 35.5. The van der Waals surface area contributed by atoms with Crippen LogP contribution in [0.15, 0.2) is 42.5 Å². The number of aromatic nitrogens is 2. The first-order valence-corrected chi connectivity index (χ1v) is 6.97. The molecule has 20 heavy (non-hydrogen) atoms. The standard InChI is InChI=1S/C17H13ClN2/c1-10-9-12-15(20(10)2)8-7-14-16(12)17(18)11-5-3-4-6-13(11)19-14/h3-9H,1-2H3. The van der Waals surface area contributed by atoms with Crippen molar-refractivity contribution in [2.45, 2.75) is 6.92 Å². The summed E-state index contributed by atoms with van der Waals surface area (Å²) < 4.78 is 2.18. The van der Waals surface area contributed by atoms with E-state index in [1.807, 2.05) is 24.3 Å². The van der Waals surface area contributed by atoms with Crippen LogP contribution in [0.25, 0.3) is 32.7 Å². The Morgan fingerprint density at radius 3 is 2.65 bits per heavy atom. The van der Waals surface area contributed by atoms with Gasteiger partial charge in [-0.15, -0.1) is 0 Å². The molecule has 2 aromatic carbocycles. The smallest absolute Gasteiger partial charge is 0.0732 e. The van der Waals surface area contributed by atoms with Gasteiger partial charge in [0.05, 0.1) is 16.1 Å². The quantitative estimate of drug-likeness (QED) is 0.421. The molecule has 0 bridgehead atoms. The zero-order chi connectivity index (χ0) is 13.9. The number of benzene rings is 2. The van der Waals surface area contributed by atoms with E-state index in [9.17, 15) is 0 Å². The molecule has 2 nitrogen and oxygen atoms in total. The lowest BCUT2D eigenvalue weighted by atomic mass is 10.1.